The summed E-state index contributed by atoms with van der Waals surface area (Å²) >= 11 is 0. The van der Waals surface area contributed by atoms with E-state index in [0.29, 0.717) is 0 Å². The lowest BCUT2D eigenvalue weighted by Crippen LogP contribution is -2.43. The minimum Gasteiger partial charge on any atom is -0.374 e. The summed E-state index contributed by atoms with van der Waals surface area (Å²) in [5, 5.41) is 0. The van der Waals surface area contributed by atoms with Gasteiger partial charge in [-0.25, -0.2) is 0 Å². The molecule has 62 valence electrons. The quantitative estimate of drug-likeness (QED) is 0.516. The summed E-state index contributed by atoms with van der Waals surface area (Å²) in [7, 11) is 0. The Kier molecular flexibility index (Phi) is 0.443. The SMILES string of the molecule is C1[C@H]2[C@@H]3[C@H]4[C@H]1[C@H]1[C@H]5O[C@@H]([C@H]3[C@H]54)[C@@H]21. The summed E-state index contributed by atoms with van der Waals surface area (Å²) < 4.78 is 6.17. The van der Waals surface area contributed by atoms with Crippen LogP contribution in [0.5, 0.6) is 0 Å². The summed E-state index contributed by atoms with van der Waals surface area (Å²) in [4.78, 5) is 0. The van der Waals surface area contributed by atoms with Gasteiger partial charge in [0.1, 0.15) is 0 Å². The summed E-state index contributed by atoms with van der Waals surface area (Å²) in [6.45, 7) is 0. The molecule has 7 aliphatic rings. The molecule has 5 saturated carbocycles. The van der Waals surface area contributed by atoms with Crippen LogP contribution in [0.1, 0.15) is 6.42 Å². The molecule has 7 fully saturated rings. The van der Waals surface area contributed by atoms with Crippen molar-refractivity contribution in [2.24, 2.45) is 47.3 Å². The van der Waals surface area contributed by atoms with Crippen LogP contribution in [0, 0.1) is 47.3 Å². The largest absolute Gasteiger partial charge is 0.374 e. The molecule has 0 spiro atoms. The maximum atomic E-state index is 6.17. The van der Waals surface area contributed by atoms with Crippen LogP contribution in [0.4, 0.5) is 0 Å². The molecule has 1 nitrogen and oxygen atoms in total. The van der Waals surface area contributed by atoms with Crippen molar-refractivity contribution < 1.29 is 4.74 Å². The van der Waals surface area contributed by atoms with E-state index >= 15 is 0 Å². The zero-order chi connectivity index (χ0) is 7.19. The molecule has 0 amide bonds. The Morgan fingerprint density at radius 3 is 1.83 bits per heavy atom. The smallest absolute Gasteiger partial charge is 0.0648 e. The van der Waals surface area contributed by atoms with E-state index in [1.807, 2.05) is 0 Å². The molecule has 0 aromatic heterocycles. The van der Waals surface area contributed by atoms with Gasteiger partial charge in [-0.05, 0) is 53.8 Å². The minimum absolute atomic E-state index is 0.781. The normalized spacial score (nSPS) is 94.0. The van der Waals surface area contributed by atoms with Gasteiger partial charge < -0.3 is 4.74 Å². The topological polar surface area (TPSA) is 9.23 Å². The Morgan fingerprint density at radius 1 is 0.667 bits per heavy atom. The summed E-state index contributed by atoms with van der Waals surface area (Å²) in [5.74, 6) is 8.98. The van der Waals surface area contributed by atoms with Gasteiger partial charge in [-0.3, -0.25) is 0 Å². The third kappa shape index (κ3) is 0.222. The fraction of sp³-hybridized carbons (Fsp3) is 1.00. The van der Waals surface area contributed by atoms with E-state index in [1.54, 1.807) is 6.42 Å². The van der Waals surface area contributed by atoms with Crippen LogP contribution in [0.25, 0.3) is 0 Å². The van der Waals surface area contributed by atoms with Gasteiger partial charge in [-0.1, -0.05) is 0 Å². The van der Waals surface area contributed by atoms with Gasteiger partial charge in [-0.15, -0.1) is 0 Å². The summed E-state index contributed by atoms with van der Waals surface area (Å²) in [6, 6.07) is 0. The van der Waals surface area contributed by atoms with Crippen molar-refractivity contribution >= 4 is 0 Å². The van der Waals surface area contributed by atoms with Crippen LogP contribution in [-0.4, -0.2) is 12.2 Å². The second-order valence-corrected chi connectivity index (χ2v) is 6.09. The molecule has 4 bridgehead atoms. The van der Waals surface area contributed by atoms with Gasteiger partial charge in [0.15, 0.2) is 0 Å². The second-order valence-electron chi connectivity index (χ2n) is 6.09. The van der Waals surface area contributed by atoms with Crippen LogP contribution in [-0.2, 0) is 4.74 Å². The maximum Gasteiger partial charge on any atom is 0.0648 e. The van der Waals surface area contributed by atoms with E-state index in [1.165, 1.54) is 11.8 Å². The number of ether oxygens (including phenoxy) is 1. The van der Waals surface area contributed by atoms with Crippen LogP contribution in [0.3, 0.4) is 0 Å². The van der Waals surface area contributed by atoms with E-state index in [9.17, 15) is 0 Å². The first-order valence-electron chi connectivity index (χ1n) is 5.62. The fourth-order valence-electron chi connectivity index (χ4n) is 6.91. The predicted octanol–water partition coefficient (Wildman–Crippen LogP) is 1.14. The number of rotatable bonds is 0. The molecule has 0 radical (unpaired) electrons. The first-order valence-corrected chi connectivity index (χ1v) is 5.62. The molecule has 10 atom stereocenters. The maximum absolute atomic E-state index is 6.17. The van der Waals surface area contributed by atoms with Gasteiger partial charge >= 0.3 is 0 Å². The van der Waals surface area contributed by atoms with Gasteiger partial charge in [0.05, 0.1) is 12.2 Å². The van der Waals surface area contributed by atoms with Crippen molar-refractivity contribution in [2.45, 2.75) is 18.6 Å². The molecule has 7 rings (SSSR count). The standard InChI is InChI=1S/C11H12O/c1-2-4-5-3(1)7-6(2)10-8(4)9(5)11(7)12-10/h2-11H,1H2/t2-,3-,4+,5+,6-,7+,8+,9+,10+,11+/m0/s1. The Hall–Kier alpha value is -0.0400. The van der Waals surface area contributed by atoms with E-state index in [0.717, 1.165) is 47.7 Å². The molecule has 0 aromatic rings. The average Bonchev–Trinajstić information content (AvgIpc) is 2.51. The third-order valence-electron chi connectivity index (χ3n) is 6.58. The van der Waals surface area contributed by atoms with E-state index in [-0.39, 0.29) is 0 Å². The second kappa shape index (κ2) is 1.06. The Bertz CT molecular complexity index is 246. The Balaban J connectivity index is 1.86. The minimum atomic E-state index is 0.781. The van der Waals surface area contributed by atoms with Crippen LogP contribution >= 0.6 is 0 Å². The van der Waals surface area contributed by atoms with E-state index in [2.05, 4.69) is 0 Å². The molecular weight excluding hydrogens is 148 g/mol. The third-order valence-corrected chi connectivity index (χ3v) is 6.58. The van der Waals surface area contributed by atoms with Crippen molar-refractivity contribution in [3.8, 4) is 0 Å². The van der Waals surface area contributed by atoms with Crippen molar-refractivity contribution in [1.29, 1.82) is 0 Å². The highest BCUT2D eigenvalue weighted by Crippen LogP contribution is 2.87. The zero-order valence-corrected chi connectivity index (χ0v) is 6.89. The van der Waals surface area contributed by atoms with Crippen LogP contribution < -0.4 is 0 Å². The lowest BCUT2D eigenvalue weighted by Gasteiger charge is -2.43. The zero-order valence-electron chi connectivity index (χ0n) is 6.89. The highest BCUT2D eigenvalue weighted by Gasteiger charge is 2.87. The molecule has 0 N–H and O–H groups in total. The van der Waals surface area contributed by atoms with Crippen molar-refractivity contribution in [3.05, 3.63) is 0 Å². The Morgan fingerprint density at radius 2 is 1.25 bits per heavy atom. The van der Waals surface area contributed by atoms with Gasteiger partial charge in [-0.2, -0.15) is 0 Å². The van der Waals surface area contributed by atoms with Gasteiger partial charge in [0.25, 0.3) is 0 Å². The van der Waals surface area contributed by atoms with Crippen molar-refractivity contribution in [2.75, 3.05) is 0 Å². The molecule has 12 heavy (non-hydrogen) atoms. The van der Waals surface area contributed by atoms with Crippen LogP contribution in [0.2, 0.25) is 0 Å². The predicted molar refractivity (Wildman–Crippen MR) is 41.2 cm³/mol. The average molecular weight is 160 g/mol. The van der Waals surface area contributed by atoms with Gasteiger partial charge in [0.2, 0.25) is 0 Å². The molecule has 1 heteroatoms. The van der Waals surface area contributed by atoms with E-state index in [4.69, 9.17) is 4.74 Å². The highest BCUT2D eigenvalue weighted by molar-refractivity contribution is 5.34. The first-order chi connectivity index (χ1) is 5.97. The van der Waals surface area contributed by atoms with Crippen molar-refractivity contribution in [3.63, 3.8) is 0 Å². The number of hydrogen-bond acceptors (Lipinski definition) is 1. The van der Waals surface area contributed by atoms with Crippen molar-refractivity contribution in [1.82, 2.24) is 0 Å². The highest BCUT2D eigenvalue weighted by atomic mass is 16.5. The molecule has 0 unspecified atom stereocenters. The Labute approximate surface area is 71.5 Å². The fourth-order valence-corrected chi connectivity index (χ4v) is 6.91. The molecule has 2 heterocycles. The molecular formula is C11H12O. The lowest BCUT2D eigenvalue weighted by atomic mass is 9.60. The van der Waals surface area contributed by atoms with Crippen LogP contribution in [0.15, 0.2) is 0 Å². The lowest BCUT2D eigenvalue weighted by molar-refractivity contribution is 0.0368. The molecule has 0 aromatic carbocycles. The van der Waals surface area contributed by atoms with E-state index < -0.39 is 0 Å². The molecule has 5 aliphatic carbocycles. The summed E-state index contributed by atoms with van der Waals surface area (Å²) in [6.07, 6.45) is 3.18. The molecule has 2 aliphatic heterocycles. The first kappa shape index (κ1) is 4.99. The monoisotopic (exact) mass is 160 g/mol. The summed E-state index contributed by atoms with van der Waals surface area (Å²) in [5.41, 5.74) is 0. The molecule has 2 saturated heterocycles. The number of hydrogen-bond donors (Lipinski definition) is 0. The van der Waals surface area contributed by atoms with Gasteiger partial charge in [0, 0.05) is 0 Å².